The third-order valence-corrected chi connectivity index (χ3v) is 4.82. The summed E-state index contributed by atoms with van der Waals surface area (Å²) in [5, 5.41) is 2.62. The van der Waals surface area contributed by atoms with Crippen LogP contribution in [-0.2, 0) is 14.8 Å². The van der Waals surface area contributed by atoms with Crippen molar-refractivity contribution in [2.45, 2.75) is 25.1 Å². The van der Waals surface area contributed by atoms with Crippen molar-refractivity contribution in [3.63, 3.8) is 0 Å². The second-order valence-corrected chi connectivity index (χ2v) is 7.46. The van der Waals surface area contributed by atoms with Crippen molar-refractivity contribution in [2.75, 3.05) is 39.0 Å². The topological polar surface area (TPSA) is 69.7 Å². The molecule has 134 valence electrons. The van der Waals surface area contributed by atoms with E-state index < -0.39 is 28.8 Å². The quantitative estimate of drug-likeness (QED) is 0.677. The smallest absolute Gasteiger partial charge is 0.352 e. The lowest BCUT2D eigenvalue weighted by molar-refractivity contribution is -0.140. The van der Waals surface area contributed by atoms with E-state index in [0.717, 1.165) is 6.26 Å². The molecular weight excluding hydrogens is 335 g/mol. The number of carbonyl (C=O) groups is 1. The van der Waals surface area contributed by atoms with Crippen molar-refractivity contribution in [3.05, 3.63) is 12.7 Å². The van der Waals surface area contributed by atoms with Gasteiger partial charge in [0.1, 0.15) is 6.54 Å². The molecule has 23 heavy (non-hydrogen) atoms. The Hall–Kier alpha value is -1.13. The highest BCUT2D eigenvalue weighted by Gasteiger charge is 2.39. The first-order valence-corrected chi connectivity index (χ1v) is 9.01. The lowest BCUT2D eigenvalue weighted by Crippen LogP contribution is -2.51. The van der Waals surface area contributed by atoms with Gasteiger partial charge in [0.2, 0.25) is 15.9 Å². The summed E-state index contributed by atoms with van der Waals surface area (Å²) in [5.41, 5.74) is 0. The van der Waals surface area contributed by atoms with Crippen LogP contribution in [0, 0.1) is 0 Å². The fourth-order valence-electron chi connectivity index (χ4n) is 2.50. The Balaban J connectivity index is 2.58. The zero-order valence-electron chi connectivity index (χ0n) is 13.0. The summed E-state index contributed by atoms with van der Waals surface area (Å²) in [4.78, 5) is 13.4. The summed E-state index contributed by atoms with van der Waals surface area (Å²) < 4.78 is 61.5. The third-order valence-electron chi connectivity index (χ3n) is 3.54. The predicted octanol–water partition coefficient (Wildman–Crippen LogP) is 0.577. The van der Waals surface area contributed by atoms with Gasteiger partial charge in [-0.25, -0.2) is 8.42 Å². The number of halogens is 3. The Morgan fingerprint density at radius 3 is 2.39 bits per heavy atom. The van der Waals surface area contributed by atoms with Gasteiger partial charge in [-0.15, -0.1) is 6.58 Å². The molecule has 0 bridgehead atoms. The van der Waals surface area contributed by atoms with Crippen LogP contribution < -0.4 is 5.32 Å². The second-order valence-electron chi connectivity index (χ2n) is 5.52. The lowest BCUT2D eigenvalue weighted by Gasteiger charge is -2.37. The predicted molar refractivity (Wildman–Crippen MR) is 80.3 cm³/mol. The van der Waals surface area contributed by atoms with E-state index in [1.807, 2.05) is 0 Å². The van der Waals surface area contributed by atoms with Crippen LogP contribution in [0.1, 0.15) is 12.8 Å². The minimum Gasteiger partial charge on any atom is -0.352 e. The molecule has 0 radical (unpaired) electrons. The van der Waals surface area contributed by atoms with Crippen LogP contribution in [0.4, 0.5) is 13.2 Å². The molecule has 1 N–H and O–H groups in total. The zero-order valence-corrected chi connectivity index (χ0v) is 13.8. The number of hydrogen-bond acceptors (Lipinski definition) is 4. The van der Waals surface area contributed by atoms with Gasteiger partial charge in [0.15, 0.2) is 0 Å². The maximum Gasteiger partial charge on any atom is 0.402 e. The second kappa shape index (κ2) is 8.11. The first-order valence-electron chi connectivity index (χ1n) is 7.16. The highest BCUT2D eigenvalue weighted by molar-refractivity contribution is 7.88. The largest absolute Gasteiger partial charge is 0.402 e. The van der Waals surface area contributed by atoms with Crippen molar-refractivity contribution in [1.82, 2.24) is 14.5 Å². The number of amides is 1. The van der Waals surface area contributed by atoms with Gasteiger partial charge in [-0.05, 0) is 12.8 Å². The molecule has 0 aromatic rings. The molecule has 0 aromatic carbocycles. The maximum absolute atomic E-state index is 12.6. The van der Waals surface area contributed by atoms with E-state index in [1.54, 1.807) is 11.0 Å². The van der Waals surface area contributed by atoms with Crippen molar-refractivity contribution in [1.29, 1.82) is 0 Å². The third kappa shape index (κ3) is 7.32. The number of nitrogens with zero attached hydrogens (tertiary/aromatic N) is 2. The van der Waals surface area contributed by atoms with Crippen molar-refractivity contribution in [3.8, 4) is 0 Å². The molecule has 0 atom stereocenters. The normalized spacial score (nSPS) is 18.1. The van der Waals surface area contributed by atoms with E-state index >= 15 is 0 Å². The van der Waals surface area contributed by atoms with Gasteiger partial charge < -0.3 is 5.32 Å². The number of carbonyl (C=O) groups excluding carboxylic acids is 1. The Morgan fingerprint density at radius 2 is 1.96 bits per heavy atom. The first kappa shape index (κ1) is 19.9. The summed E-state index contributed by atoms with van der Waals surface area (Å²) in [5.74, 6) is -0.196. The minimum absolute atomic E-state index is 0.138. The summed E-state index contributed by atoms with van der Waals surface area (Å²) in [6.45, 7) is 3.23. The molecule has 1 aliphatic rings. The van der Waals surface area contributed by atoms with Crippen LogP contribution in [0.15, 0.2) is 12.7 Å². The molecule has 1 amide bonds. The SMILES string of the molecule is C=CCNC(=O)CN1CCC(N(CC(F)(F)F)S(C)(=O)=O)CC1. The molecule has 0 spiro atoms. The molecule has 1 saturated heterocycles. The van der Waals surface area contributed by atoms with E-state index in [-0.39, 0.29) is 25.3 Å². The number of sulfonamides is 1. The van der Waals surface area contributed by atoms with Gasteiger partial charge in [-0.1, -0.05) is 6.08 Å². The monoisotopic (exact) mass is 357 g/mol. The average molecular weight is 357 g/mol. The number of piperidine rings is 1. The molecule has 1 aliphatic heterocycles. The molecule has 1 rings (SSSR count). The summed E-state index contributed by atoms with van der Waals surface area (Å²) in [6.07, 6.45) is -1.72. The average Bonchev–Trinajstić information content (AvgIpc) is 2.41. The number of alkyl halides is 3. The van der Waals surface area contributed by atoms with Crippen molar-refractivity contribution in [2.24, 2.45) is 0 Å². The standard InChI is InChI=1S/C13H22F3N3O3S/c1-3-6-17-12(20)9-18-7-4-11(5-8-18)19(23(2,21)22)10-13(14,15)16/h3,11H,1,4-10H2,2H3,(H,17,20). The molecule has 6 nitrogen and oxygen atoms in total. The fraction of sp³-hybridized carbons (Fsp3) is 0.769. The van der Waals surface area contributed by atoms with Crippen molar-refractivity contribution < 1.29 is 26.4 Å². The van der Waals surface area contributed by atoms with Gasteiger partial charge in [-0.2, -0.15) is 17.5 Å². The van der Waals surface area contributed by atoms with Crippen molar-refractivity contribution >= 4 is 15.9 Å². The van der Waals surface area contributed by atoms with E-state index in [1.165, 1.54) is 0 Å². The van der Waals surface area contributed by atoms with Crippen LogP contribution in [-0.4, -0.2) is 74.7 Å². The van der Waals surface area contributed by atoms with Crippen LogP contribution in [0.2, 0.25) is 0 Å². The summed E-state index contributed by atoms with van der Waals surface area (Å²) >= 11 is 0. The number of nitrogens with one attached hydrogen (secondary N) is 1. The van der Waals surface area contributed by atoms with Crippen LogP contribution >= 0.6 is 0 Å². The zero-order chi connectivity index (χ0) is 17.7. The van der Waals surface area contributed by atoms with Gasteiger partial charge in [-0.3, -0.25) is 9.69 Å². The highest BCUT2D eigenvalue weighted by Crippen LogP contribution is 2.24. The molecule has 1 heterocycles. The molecule has 0 saturated carbocycles. The van der Waals surface area contributed by atoms with Gasteiger partial charge >= 0.3 is 6.18 Å². The Kier molecular flexibility index (Phi) is 7.02. The number of rotatable bonds is 7. The number of hydrogen-bond donors (Lipinski definition) is 1. The van der Waals surface area contributed by atoms with E-state index in [0.29, 0.717) is 23.9 Å². The maximum atomic E-state index is 12.6. The highest BCUT2D eigenvalue weighted by atomic mass is 32.2. The molecular formula is C13H22F3N3O3S. The summed E-state index contributed by atoms with van der Waals surface area (Å²) in [6, 6.07) is -0.695. The Morgan fingerprint density at radius 1 is 1.39 bits per heavy atom. The van der Waals surface area contributed by atoms with Gasteiger partial charge in [0, 0.05) is 25.7 Å². The van der Waals surface area contributed by atoms with Gasteiger partial charge in [0.05, 0.1) is 12.8 Å². The lowest BCUT2D eigenvalue weighted by atomic mass is 10.0. The molecule has 0 aromatic heterocycles. The van der Waals surface area contributed by atoms with Crippen LogP contribution in [0.5, 0.6) is 0 Å². The van der Waals surface area contributed by atoms with Crippen LogP contribution in [0.25, 0.3) is 0 Å². The fourth-order valence-corrected chi connectivity index (χ4v) is 3.64. The first-order chi connectivity index (χ1) is 10.5. The van der Waals surface area contributed by atoms with Gasteiger partial charge in [0.25, 0.3) is 0 Å². The van der Waals surface area contributed by atoms with E-state index in [2.05, 4.69) is 11.9 Å². The van der Waals surface area contributed by atoms with Crippen LogP contribution in [0.3, 0.4) is 0 Å². The molecule has 10 heteroatoms. The molecule has 0 unspecified atom stereocenters. The minimum atomic E-state index is -4.58. The molecule has 0 aliphatic carbocycles. The van der Waals surface area contributed by atoms with E-state index in [4.69, 9.17) is 0 Å². The molecule has 1 fully saturated rings. The van der Waals surface area contributed by atoms with E-state index in [9.17, 15) is 26.4 Å². The number of likely N-dealkylation sites (tertiary alicyclic amines) is 1. The Labute approximate surface area is 134 Å². The summed E-state index contributed by atoms with van der Waals surface area (Å²) in [7, 11) is -3.95. The Bertz CT molecular complexity index is 514.